The second-order valence-electron chi connectivity index (χ2n) is 6.21. The van der Waals surface area contributed by atoms with Gasteiger partial charge in [0.25, 0.3) is 5.91 Å². The molecule has 3 rings (SSSR count). The molecule has 0 bridgehead atoms. The first kappa shape index (κ1) is 14.9. The molecule has 21 heavy (non-hydrogen) atoms. The number of rotatable bonds is 3. The number of carbonyl (C=O) groups excluding carboxylic acids is 1. The van der Waals surface area contributed by atoms with Gasteiger partial charge in [-0.1, -0.05) is 6.07 Å². The molecular weight excluding hydrogens is 282 g/mol. The van der Waals surface area contributed by atoms with E-state index >= 15 is 0 Å². The molecule has 2 aliphatic rings. The van der Waals surface area contributed by atoms with E-state index in [0.29, 0.717) is 6.54 Å². The number of aliphatic hydroxyl groups is 1. The molecule has 0 saturated carbocycles. The maximum Gasteiger partial charge on any atom is 0.251 e. The molecule has 1 heterocycles. The highest BCUT2D eigenvalue weighted by Gasteiger charge is 2.30. The van der Waals surface area contributed by atoms with Gasteiger partial charge in [0, 0.05) is 12.1 Å². The van der Waals surface area contributed by atoms with Crippen LogP contribution in [0.15, 0.2) is 18.2 Å². The first-order valence-corrected chi connectivity index (χ1v) is 9.02. The molecule has 1 aliphatic heterocycles. The Balaban J connectivity index is 1.62. The first-order chi connectivity index (χ1) is 10.2. The Bertz CT molecular complexity index is 524. The van der Waals surface area contributed by atoms with E-state index in [1.165, 1.54) is 24.0 Å². The zero-order valence-electron chi connectivity index (χ0n) is 12.4. The largest absolute Gasteiger partial charge is 0.388 e. The van der Waals surface area contributed by atoms with E-state index in [1.54, 1.807) is 0 Å². The van der Waals surface area contributed by atoms with Crippen LogP contribution in [-0.4, -0.2) is 34.7 Å². The summed E-state index contributed by atoms with van der Waals surface area (Å²) in [4.78, 5) is 12.3. The zero-order chi connectivity index (χ0) is 14.7. The Morgan fingerprint density at radius 1 is 1.19 bits per heavy atom. The number of carbonyl (C=O) groups is 1. The van der Waals surface area contributed by atoms with Crippen molar-refractivity contribution in [3.63, 3.8) is 0 Å². The standard InChI is InChI=1S/C17H23NO2S/c19-16(18-12-17(20)7-9-21-10-8-17)15-6-5-13-3-1-2-4-14(13)11-15/h5-6,11,20H,1-4,7-10,12H2,(H,18,19). The van der Waals surface area contributed by atoms with Crippen molar-refractivity contribution in [3.8, 4) is 0 Å². The van der Waals surface area contributed by atoms with E-state index in [1.807, 2.05) is 23.9 Å². The summed E-state index contributed by atoms with van der Waals surface area (Å²) in [7, 11) is 0. The van der Waals surface area contributed by atoms with Crippen molar-refractivity contribution in [1.29, 1.82) is 0 Å². The minimum atomic E-state index is -0.713. The lowest BCUT2D eigenvalue weighted by atomic mass is 9.90. The maximum absolute atomic E-state index is 12.3. The maximum atomic E-state index is 12.3. The lowest BCUT2D eigenvalue weighted by Crippen LogP contribution is -2.45. The first-order valence-electron chi connectivity index (χ1n) is 7.86. The van der Waals surface area contributed by atoms with Crippen LogP contribution >= 0.6 is 11.8 Å². The van der Waals surface area contributed by atoms with Gasteiger partial charge in [-0.2, -0.15) is 11.8 Å². The predicted molar refractivity (Wildman–Crippen MR) is 86.9 cm³/mol. The van der Waals surface area contributed by atoms with Gasteiger partial charge in [-0.05, 0) is 73.3 Å². The van der Waals surface area contributed by atoms with E-state index in [-0.39, 0.29) is 5.91 Å². The zero-order valence-corrected chi connectivity index (χ0v) is 13.2. The van der Waals surface area contributed by atoms with Crippen LogP contribution in [0.4, 0.5) is 0 Å². The molecule has 114 valence electrons. The smallest absolute Gasteiger partial charge is 0.251 e. The molecule has 1 aromatic rings. The van der Waals surface area contributed by atoms with Crippen molar-refractivity contribution < 1.29 is 9.90 Å². The Morgan fingerprint density at radius 2 is 1.90 bits per heavy atom. The van der Waals surface area contributed by atoms with Gasteiger partial charge in [0.2, 0.25) is 0 Å². The van der Waals surface area contributed by atoms with Crippen LogP contribution in [0.3, 0.4) is 0 Å². The number of amides is 1. The fraction of sp³-hybridized carbons (Fsp3) is 0.588. The molecule has 0 unspecified atom stereocenters. The van der Waals surface area contributed by atoms with Gasteiger partial charge in [0.1, 0.15) is 0 Å². The molecule has 0 aromatic heterocycles. The SMILES string of the molecule is O=C(NCC1(O)CCSCC1)c1ccc2c(c1)CCCC2. The molecular formula is C17H23NO2S. The minimum Gasteiger partial charge on any atom is -0.388 e. The van der Waals surface area contributed by atoms with Gasteiger partial charge in [-0.25, -0.2) is 0 Å². The molecule has 2 N–H and O–H groups in total. The lowest BCUT2D eigenvalue weighted by Gasteiger charge is -2.31. The Labute approximate surface area is 130 Å². The second kappa shape index (κ2) is 6.41. The molecule has 0 spiro atoms. The van der Waals surface area contributed by atoms with E-state index in [4.69, 9.17) is 0 Å². The molecule has 4 heteroatoms. The summed E-state index contributed by atoms with van der Waals surface area (Å²) in [5, 5.41) is 13.3. The molecule has 1 aromatic carbocycles. The average Bonchev–Trinajstić information content (AvgIpc) is 2.53. The highest BCUT2D eigenvalue weighted by Crippen LogP contribution is 2.26. The van der Waals surface area contributed by atoms with Gasteiger partial charge >= 0.3 is 0 Å². The normalized spacial score (nSPS) is 20.6. The Kier molecular flexibility index (Phi) is 4.55. The van der Waals surface area contributed by atoms with Gasteiger partial charge in [-0.3, -0.25) is 4.79 Å². The third kappa shape index (κ3) is 3.61. The molecule has 1 amide bonds. The summed E-state index contributed by atoms with van der Waals surface area (Å²) in [5.74, 6) is 1.89. The van der Waals surface area contributed by atoms with Crippen LogP contribution in [0.2, 0.25) is 0 Å². The van der Waals surface area contributed by atoms with Crippen LogP contribution in [-0.2, 0) is 12.8 Å². The quantitative estimate of drug-likeness (QED) is 0.902. The lowest BCUT2D eigenvalue weighted by molar-refractivity contribution is 0.0311. The summed E-state index contributed by atoms with van der Waals surface area (Å²) in [5.41, 5.74) is 2.72. The molecule has 0 atom stereocenters. The summed E-state index contributed by atoms with van der Waals surface area (Å²) in [6.07, 6.45) is 6.22. The van der Waals surface area contributed by atoms with Gasteiger partial charge in [-0.15, -0.1) is 0 Å². The number of thioether (sulfide) groups is 1. The van der Waals surface area contributed by atoms with Crippen LogP contribution in [0.25, 0.3) is 0 Å². The van der Waals surface area contributed by atoms with Crippen molar-refractivity contribution >= 4 is 17.7 Å². The van der Waals surface area contributed by atoms with E-state index in [2.05, 4.69) is 11.4 Å². The average molecular weight is 305 g/mol. The van der Waals surface area contributed by atoms with Crippen molar-refractivity contribution in [2.24, 2.45) is 0 Å². The third-order valence-electron chi connectivity index (χ3n) is 4.61. The fourth-order valence-electron chi connectivity index (χ4n) is 3.15. The Hall–Kier alpha value is -1.00. The van der Waals surface area contributed by atoms with Gasteiger partial charge in [0.05, 0.1) is 5.60 Å². The summed E-state index contributed by atoms with van der Waals surface area (Å²) in [6, 6.07) is 6.04. The molecule has 1 saturated heterocycles. The number of nitrogens with one attached hydrogen (secondary N) is 1. The Morgan fingerprint density at radius 3 is 2.67 bits per heavy atom. The van der Waals surface area contributed by atoms with Crippen molar-refractivity contribution in [3.05, 3.63) is 34.9 Å². The molecule has 3 nitrogen and oxygen atoms in total. The van der Waals surface area contributed by atoms with Crippen molar-refractivity contribution in [2.45, 2.75) is 44.1 Å². The second-order valence-corrected chi connectivity index (χ2v) is 7.43. The molecule has 0 radical (unpaired) electrons. The molecule has 1 fully saturated rings. The van der Waals surface area contributed by atoms with Crippen LogP contribution in [0.5, 0.6) is 0 Å². The summed E-state index contributed by atoms with van der Waals surface area (Å²) in [6.45, 7) is 0.365. The van der Waals surface area contributed by atoms with Crippen LogP contribution in [0.1, 0.15) is 47.2 Å². The number of hydrogen-bond donors (Lipinski definition) is 2. The number of benzene rings is 1. The highest BCUT2D eigenvalue weighted by atomic mass is 32.2. The predicted octanol–water partition coefficient (Wildman–Crippen LogP) is 2.55. The summed E-state index contributed by atoms with van der Waals surface area (Å²) >= 11 is 1.87. The van der Waals surface area contributed by atoms with Crippen molar-refractivity contribution in [1.82, 2.24) is 5.32 Å². The highest BCUT2D eigenvalue weighted by molar-refractivity contribution is 7.99. The van der Waals surface area contributed by atoms with Gasteiger partial charge in [0.15, 0.2) is 0 Å². The number of hydrogen-bond acceptors (Lipinski definition) is 3. The van der Waals surface area contributed by atoms with Crippen LogP contribution in [0, 0.1) is 0 Å². The molecule has 1 aliphatic carbocycles. The van der Waals surface area contributed by atoms with Crippen molar-refractivity contribution in [2.75, 3.05) is 18.1 Å². The fourth-order valence-corrected chi connectivity index (χ4v) is 4.40. The van der Waals surface area contributed by atoms with Crippen LogP contribution < -0.4 is 5.32 Å². The van der Waals surface area contributed by atoms with Gasteiger partial charge < -0.3 is 10.4 Å². The van der Waals surface area contributed by atoms with E-state index < -0.39 is 5.60 Å². The third-order valence-corrected chi connectivity index (χ3v) is 5.60. The minimum absolute atomic E-state index is 0.0602. The van der Waals surface area contributed by atoms with E-state index in [0.717, 1.165) is 42.8 Å². The summed E-state index contributed by atoms with van der Waals surface area (Å²) < 4.78 is 0. The van der Waals surface area contributed by atoms with E-state index in [9.17, 15) is 9.90 Å². The number of fused-ring (bicyclic) bond motifs is 1. The topological polar surface area (TPSA) is 49.3 Å². The monoisotopic (exact) mass is 305 g/mol. The number of aryl methyl sites for hydroxylation is 2.